The molecule has 2 aromatic carbocycles. The van der Waals surface area contributed by atoms with Gasteiger partial charge in [-0.2, -0.15) is 0 Å². The third-order valence-electron chi connectivity index (χ3n) is 16.1. The Morgan fingerprint density at radius 3 is 1.49 bits per heavy atom. The first-order valence-electron chi connectivity index (χ1n) is 22.5. The first kappa shape index (κ1) is 41.8. The van der Waals surface area contributed by atoms with E-state index >= 15 is 0 Å². The maximum absolute atomic E-state index is 13.2. The Balaban J connectivity index is 0.000000145. The molecule has 8 N–H and O–H groups in total. The predicted molar refractivity (Wildman–Crippen MR) is 232 cm³/mol. The van der Waals surface area contributed by atoms with Crippen LogP contribution in [-0.2, 0) is 41.5 Å². The smallest absolute Gasteiger partial charge is 0.328 e. The number of rotatable bonds is 3. The van der Waals surface area contributed by atoms with Crippen molar-refractivity contribution < 1.29 is 43.2 Å². The lowest BCUT2D eigenvalue weighted by atomic mass is 9.66. The second kappa shape index (κ2) is 14.3. The van der Waals surface area contributed by atoms with Crippen LogP contribution in [0.4, 0.5) is 38.0 Å². The average Bonchev–Trinajstić information content (AvgIpc) is 3.79. The van der Waals surface area contributed by atoms with E-state index in [1.165, 1.54) is 6.07 Å². The number of hydrogen-bond acceptors (Lipinski definition) is 16. The number of carbonyl (C=O) groups excluding carboxylic acids is 6. The van der Waals surface area contributed by atoms with Crippen molar-refractivity contribution in [2.75, 3.05) is 58.9 Å². The number of barbiturate groups is 2. The number of benzene rings is 2. The molecule has 8 fully saturated rings. The second-order valence-electron chi connectivity index (χ2n) is 19.9. The Labute approximate surface area is 373 Å². The third-order valence-corrected chi connectivity index (χ3v) is 16.1. The maximum Gasteiger partial charge on any atom is 0.328 e. The molecule has 21 nitrogen and oxygen atoms in total. The van der Waals surface area contributed by atoms with Gasteiger partial charge in [0.05, 0.1) is 41.4 Å². The molecule has 65 heavy (non-hydrogen) atoms. The molecule has 2 saturated carbocycles. The van der Waals surface area contributed by atoms with Crippen LogP contribution in [0.2, 0.25) is 0 Å². The van der Waals surface area contributed by atoms with Gasteiger partial charge in [-0.05, 0) is 87.1 Å². The quantitative estimate of drug-likeness (QED) is 0.133. The second-order valence-corrected chi connectivity index (χ2v) is 19.9. The Morgan fingerprint density at radius 2 is 1.03 bits per heavy atom. The first-order valence-corrected chi connectivity index (χ1v) is 22.5. The highest BCUT2D eigenvalue weighted by Gasteiger charge is 2.65. The van der Waals surface area contributed by atoms with Crippen LogP contribution in [0, 0.1) is 44.6 Å². The van der Waals surface area contributed by atoms with Crippen LogP contribution in [0.3, 0.4) is 0 Å². The number of nitro benzene ring substituents is 1. The molecular weight excluding hydrogens is 843 g/mol. The minimum Gasteiger partial charge on any atom is -0.372 e. The fourth-order valence-corrected chi connectivity index (χ4v) is 13.0. The van der Waals surface area contributed by atoms with Crippen LogP contribution in [0.15, 0.2) is 30.3 Å². The normalized spacial score (nSPS) is 36.5. The van der Waals surface area contributed by atoms with E-state index in [0.717, 1.165) is 35.7 Å². The standard InChI is InChI=1S/C22H26N6O6.C22H27N5O4/c1-9-6-27-14-4-15(26-7-12-13(8-26)17(12)23)16(28(32)33)3-11(14)5-22(18(27)10(2)34-9)19(29)24-21(31)25-20(22)30;1-10-7-27-16-5-13(26-8-14-15(9-26)17(14)23)4-3-12(16)6-22(18(27)11(2)31-10)19(28)24-21(30)25-20(22)29/h3-4,9-10,12-13,17-18H,5-8,23H2,1-2H3,(H2,24,25,29,30,31);3-5,10-11,14-15,17-18H,6-9,23H2,1-2H3,(H2,24,25,28,29,30)/t9-,10+,12-,13+,17?,18-;10-,11+,14-,15+,17?,18-/m11/s1. The van der Waals surface area contributed by atoms with Crippen LogP contribution in [0.25, 0.3) is 0 Å². The molecule has 8 heterocycles. The number of anilines is 4. The summed E-state index contributed by atoms with van der Waals surface area (Å²) in [5.74, 6) is -0.663. The van der Waals surface area contributed by atoms with Gasteiger partial charge in [0, 0.05) is 80.9 Å². The zero-order valence-electron chi connectivity index (χ0n) is 36.4. The number of fused-ring (bicyclic) bond motifs is 10. The topological polar surface area (TPSA) is 277 Å². The summed E-state index contributed by atoms with van der Waals surface area (Å²) in [7, 11) is 0. The molecule has 10 aliphatic rings. The summed E-state index contributed by atoms with van der Waals surface area (Å²) in [6.45, 7) is 11.8. The van der Waals surface area contributed by atoms with Gasteiger partial charge < -0.3 is 40.5 Å². The number of nitrogens with zero attached hydrogens (tertiary/aromatic N) is 5. The van der Waals surface area contributed by atoms with Crippen LogP contribution in [0.5, 0.6) is 0 Å². The van der Waals surface area contributed by atoms with E-state index in [-0.39, 0.29) is 42.9 Å². The number of nitro groups is 1. The Morgan fingerprint density at radius 1 is 0.600 bits per heavy atom. The molecule has 0 bridgehead atoms. The van der Waals surface area contributed by atoms with Crippen LogP contribution < -0.4 is 52.3 Å². The van der Waals surface area contributed by atoms with Crippen molar-refractivity contribution in [3.8, 4) is 0 Å². The summed E-state index contributed by atoms with van der Waals surface area (Å²) >= 11 is 0. The van der Waals surface area contributed by atoms with Crippen molar-refractivity contribution in [2.24, 2.45) is 46.0 Å². The number of morpholine rings is 2. The maximum atomic E-state index is 13.2. The fraction of sp³-hybridized carbons (Fsp3) is 0.591. The summed E-state index contributed by atoms with van der Waals surface area (Å²) in [4.78, 5) is 96.5. The van der Waals surface area contributed by atoms with E-state index in [1.807, 2.05) is 42.7 Å². The van der Waals surface area contributed by atoms with Crippen molar-refractivity contribution in [2.45, 2.75) is 89.1 Å². The van der Waals surface area contributed by atoms with Crippen LogP contribution in [-0.4, -0.2) is 128 Å². The van der Waals surface area contributed by atoms with Gasteiger partial charge in [-0.25, -0.2) is 9.59 Å². The Hall–Kier alpha value is -5.90. The van der Waals surface area contributed by atoms with Gasteiger partial charge in [-0.1, -0.05) is 6.07 Å². The van der Waals surface area contributed by atoms with Crippen LogP contribution >= 0.6 is 0 Å². The molecule has 0 aromatic heterocycles. The zero-order valence-corrected chi connectivity index (χ0v) is 36.4. The van der Waals surface area contributed by atoms with E-state index in [0.29, 0.717) is 67.1 Å². The highest BCUT2D eigenvalue weighted by atomic mass is 16.6. The minimum absolute atomic E-state index is 0.0494. The number of hydrogen-bond donors (Lipinski definition) is 6. The molecule has 6 saturated heterocycles. The minimum atomic E-state index is -1.65. The number of carbonyl (C=O) groups is 6. The SMILES string of the molecule is C[C@@H]1CN2c3cc(N4C[C@@H]5C(N)[C@@H]5C4)c([N+](=O)[O-])cc3CC3(C(=O)NC(=O)NC3=O)[C@H]2[C@H](C)O1.C[C@@H]1CN2c3cc(N4C[C@@H]5C(N)[C@@H]5C4)ccc3CC3(C(=O)NC(=O)NC3=O)[C@H]2[C@H](C)O1. The number of piperidine rings is 2. The summed E-state index contributed by atoms with van der Waals surface area (Å²) in [6, 6.07) is 7.24. The first-order chi connectivity index (χ1) is 30.9. The van der Waals surface area contributed by atoms with Gasteiger partial charge in [0.25, 0.3) is 5.69 Å². The number of urea groups is 2. The molecular formula is C44H53N11O10. The Bertz CT molecular complexity index is 2440. The molecule has 21 heteroatoms. The van der Waals surface area contributed by atoms with Gasteiger partial charge >= 0.3 is 12.1 Å². The van der Waals surface area contributed by atoms with Gasteiger partial charge in [0.1, 0.15) is 5.69 Å². The molecule has 2 aromatic rings. The van der Waals surface area contributed by atoms with Gasteiger partial charge in [-0.15, -0.1) is 0 Å². The summed E-state index contributed by atoms with van der Waals surface area (Å²) in [5.41, 5.74) is 14.0. The van der Waals surface area contributed by atoms with E-state index in [9.17, 15) is 38.9 Å². The highest BCUT2D eigenvalue weighted by molar-refractivity contribution is 6.21. The fourth-order valence-electron chi connectivity index (χ4n) is 13.0. The molecule has 2 spiro atoms. The summed E-state index contributed by atoms with van der Waals surface area (Å²) in [6.07, 6.45) is -0.950. The third kappa shape index (κ3) is 6.10. The van der Waals surface area contributed by atoms with E-state index in [2.05, 4.69) is 43.2 Å². The van der Waals surface area contributed by atoms with E-state index in [4.69, 9.17) is 20.9 Å². The number of nitrogens with one attached hydrogen (secondary N) is 4. The number of ether oxygens (including phenoxy) is 2. The van der Waals surface area contributed by atoms with Crippen molar-refractivity contribution in [1.29, 1.82) is 0 Å². The predicted octanol–water partition coefficient (Wildman–Crippen LogP) is -0.151. The summed E-state index contributed by atoms with van der Waals surface area (Å²) < 4.78 is 12.1. The molecule has 344 valence electrons. The monoisotopic (exact) mass is 895 g/mol. The molecule has 8 amide bonds. The molecule has 12 atom stereocenters. The summed E-state index contributed by atoms with van der Waals surface area (Å²) in [5, 5.41) is 21.2. The average molecular weight is 896 g/mol. The molecule has 2 aliphatic carbocycles. The van der Waals surface area contributed by atoms with Gasteiger partial charge in [-0.3, -0.25) is 50.6 Å². The largest absolute Gasteiger partial charge is 0.372 e. The number of imide groups is 4. The van der Waals surface area contributed by atoms with Crippen molar-refractivity contribution in [3.63, 3.8) is 0 Å². The van der Waals surface area contributed by atoms with Gasteiger partial charge in [0.15, 0.2) is 10.8 Å². The number of amides is 8. The van der Waals surface area contributed by atoms with Crippen molar-refractivity contribution in [1.82, 2.24) is 21.3 Å². The lowest BCUT2D eigenvalue weighted by Gasteiger charge is -2.55. The van der Waals surface area contributed by atoms with Crippen molar-refractivity contribution in [3.05, 3.63) is 51.6 Å². The Kier molecular flexibility index (Phi) is 9.19. The zero-order chi connectivity index (χ0) is 45.8. The van der Waals surface area contributed by atoms with Crippen molar-refractivity contribution >= 4 is 64.1 Å². The molecule has 8 aliphatic heterocycles. The van der Waals surface area contributed by atoms with E-state index < -0.39 is 69.6 Å². The molecule has 0 radical (unpaired) electrons. The van der Waals surface area contributed by atoms with Gasteiger partial charge in [0.2, 0.25) is 23.6 Å². The molecule has 12 rings (SSSR count). The number of nitrogens with two attached hydrogens (primary N) is 2. The molecule has 2 unspecified atom stereocenters. The lowest BCUT2D eigenvalue weighted by Crippen LogP contribution is -2.75. The lowest BCUT2D eigenvalue weighted by molar-refractivity contribution is -0.384. The highest BCUT2D eigenvalue weighted by Crippen LogP contribution is 2.53. The van der Waals surface area contributed by atoms with Crippen LogP contribution in [0.1, 0.15) is 38.8 Å². The van der Waals surface area contributed by atoms with E-state index in [1.54, 1.807) is 6.92 Å².